The van der Waals surface area contributed by atoms with E-state index in [1.807, 2.05) is 30.3 Å². The molecule has 5 heteroatoms. The summed E-state index contributed by atoms with van der Waals surface area (Å²) in [5, 5.41) is 1.08. The monoisotopic (exact) mass is 322 g/mol. The Morgan fingerprint density at radius 3 is 2.50 bits per heavy atom. The Hall–Kier alpha value is -1.29. The smallest absolute Gasteiger partial charge is 0.178 e. The molecular formula is C15H12Cl2N2S. The van der Waals surface area contributed by atoms with Crippen molar-refractivity contribution in [2.24, 2.45) is 0 Å². The molecule has 0 atom stereocenters. The van der Waals surface area contributed by atoms with Crippen molar-refractivity contribution < 1.29 is 0 Å². The molecule has 3 rings (SSSR count). The molecule has 0 aliphatic carbocycles. The van der Waals surface area contributed by atoms with Gasteiger partial charge in [-0.2, -0.15) is 0 Å². The first kappa shape index (κ1) is 13.7. The number of benzene rings is 2. The molecule has 20 heavy (non-hydrogen) atoms. The van der Waals surface area contributed by atoms with Crippen LogP contribution in [0.15, 0.2) is 42.5 Å². The number of aryl methyl sites for hydroxylation is 2. The van der Waals surface area contributed by atoms with Crippen LogP contribution in [-0.2, 0) is 13.0 Å². The Labute approximate surface area is 132 Å². The molecule has 0 saturated carbocycles. The minimum atomic E-state index is 0.533. The van der Waals surface area contributed by atoms with E-state index < -0.39 is 0 Å². The molecule has 0 aliphatic heterocycles. The van der Waals surface area contributed by atoms with E-state index in [0.29, 0.717) is 14.8 Å². The predicted octanol–water partition coefficient (Wildman–Crippen LogP) is 5.25. The molecule has 1 aromatic heterocycles. The van der Waals surface area contributed by atoms with E-state index in [0.717, 1.165) is 24.0 Å². The Morgan fingerprint density at radius 2 is 1.75 bits per heavy atom. The van der Waals surface area contributed by atoms with Gasteiger partial charge in [0.1, 0.15) is 0 Å². The second kappa shape index (κ2) is 5.60. The molecule has 2 aromatic carbocycles. The van der Waals surface area contributed by atoms with Crippen molar-refractivity contribution in [3.63, 3.8) is 0 Å². The molecule has 3 aromatic rings. The summed E-state index contributed by atoms with van der Waals surface area (Å²) in [6, 6.07) is 14.0. The van der Waals surface area contributed by atoms with E-state index >= 15 is 0 Å². The molecule has 1 N–H and O–H groups in total. The number of hydrogen-bond acceptors (Lipinski definition) is 1. The molecule has 1 heterocycles. The molecule has 0 spiro atoms. The summed E-state index contributed by atoms with van der Waals surface area (Å²) in [5.74, 6) is 0. The Balaban J connectivity index is 1.97. The highest BCUT2D eigenvalue weighted by Gasteiger charge is 2.08. The highest BCUT2D eigenvalue weighted by Crippen LogP contribution is 2.27. The van der Waals surface area contributed by atoms with Crippen LogP contribution in [0, 0.1) is 4.77 Å². The third-order valence-corrected chi connectivity index (χ3v) is 4.33. The summed E-state index contributed by atoms with van der Waals surface area (Å²) in [7, 11) is 0. The van der Waals surface area contributed by atoms with E-state index in [1.54, 1.807) is 0 Å². The van der Waals surface area contributed by atoms with Crippen LogP contribution in [0.1, 0.15) is 5.56 Å². The standard InChI is InChI=1S/C15H12Cl2N2S/c16-11-8-13-14(9-12(11)17)19(15(20)18-13)7-6-10-4-2-1-3-5-10/h1-5,8-9H,6-7H2,(H,18,20). The van der Waals surface area contributed by atoms with E-state index in [9.17, 15) is 0 Å². The van der Waals surface area contributed by atoms with Crippen molar-refractivity contribution in [1.29, 1.82) is 0 Å². The van der Waals surface area contributed by atoms with Gasteiger partial charge >= 0.3 is 0 Å². The first-order valence-electron chi connectivity index (χ1n) is 6.26. The SMILES string of the molecule is S=c1[nH]c2cc(Cl)c(Cl)cc2n1CCc1ccccc1. The summed E-state index contributed by atoms with van der Waals surface area (Å²) in [6.45, 7) is 0.806. The second-order valence-electron chi connectivity index (χ2n) is 4.60. The summed E-state index contributed by atoms with van der Waals surface area (Å²) >= 11 is 17.5. The Bertz CT molecular complexity index is 806. The number of halogens is 2. The number of imidazole rings is 1. The van der Waals surface area contributed by atoms with Crippen LogP contribution in [0.5, 0.6) is 0 Å². The van der Waals surface area contributed by atoms with Gasteiger partial charge in [-0.05, 0) is 36.3 Å². The zero-order valence-electron chi connectivity index (χ0n) is 10.6. The molecular weight excluding hydrogens is 311 g/mol. The van der Waals surface area contributed by atoms with E-state index in [4.69, 9.17) is 35.4 Å². The van der Waals surface area contributed by atoms with Gasteiger partial charge < -0.3 is 9.55 Å². The number of fused-ring (bicyclic) bond motifs is 1. The lowest BCUT2D eigenvalue weighted by Gasteiger charge is -2.05. The number of hydrogen-bond donors (Lipinski definition) is 1. The molecule has 0 radical (unpaired) electrons. The lowest BCUT2D eigenvalue weighted by molar-refractivity contribution is 0.706. The maximum atomic E-state index is 6.09. The van der Waals surface area contributed by atoms with Crippen LogP contribution in [0.4, 0.5) is 0 Å². The van der Waals surface area contributed by atoms with Crippen LogP contribution in [0.3, 0.4) is 0 Å². The number of rotatable bonds is 3. The van der Waals surface area contributed by atoms with Gasteiger partial charge in [-0.3, -0.25) is 0 Å². The van der Waals surface area contributed by atoms with Gasteiger partial charge in [0.2, 0.25) is 0 Å². The normalized spacial score (nSPS) is 11.1. The molecule has 0 unspecified atom stereocenters. The zero-order chi connectivity index (χ0) is 14.1. The molecule has 0 fully saturated rings. The number of H-pyrrole nitrogens is 1. The molecule has 2 nitrogen and oxygen atoms in total. The van der Waals surface area contributed by atoms with Gasteiger partial charge in [0.05, 0.1) is 21.1 Å². The topological polar surface area (TPSA) is 20.7 Å². The van der Waals surface area contributed by atoms with Gasteiger partial charge in [-0.25, -0.2) is 0 Å². The van der Waals surface area contributed by atoms with E-state index in [2.05, 4.69) is 21.7 Å². The summed E-state index contributed by atoms with van der Waals surface area (Å²) < 4.78 is 2.74. The van der Waals surface area contributed by atoms with Crippen molar-refractivity contribution in [2.75, 3.05) is 0 Å². The quantitative estimate of drug-likeness (QED) is 0.653. The lowest BCUT2D eigenvalue weighted by atomic mass is 10.1. The first-order valence-corrected chi connectivity index (χ1v) is 7.43. The Kier molecular flexibility index (Phi) is 3.83. The summed E-state index contributed by atoms with van der Waals surface area (Å²) in [6.07, 6.45) is 0.919. The number of nitrogens with zero attached hydrogens (tertiary/aromatic N) is 1. The molecule has 0 aliphatic rings. The van der Waals surface area contributed by atoms with Gasteiger partial charge in [0, 0.05) is 6.54 Å². The largest absolute Gasteiger partial charge is 0.331 e. The number of aromatic nitrogens is 2. The number of aromatic amines is 1. The minimum Gasteiger partial charge on any atom is -0.331 e. The van der Waals surface area contributed by atoms with Crippen LogP contribution in [0.25, 0.3) is 11.0 Å². The third-order valence-electron chi connectivity index (χ3n) is 3.28. The lowest BCUT2D eigenvalue weighted by Crippen LogP contribution is -2.01. The third kappa shape index (κ3) is 2.62. The fourth-order valence-electron chi connectivity index (χ4n) is 2.26. The Morgan fingerprint density at radius 1 is 1.05 bits per heavy atom. The first-order chi connectivity index (χ1) is 9.65. The molecule has 0 amide bonds. The predicted molar refractivity (Wildman–Crippen MR) is 87.3 cm³/mol. The van der Waals surface area contributed by atoms with Crippen LogP contribution in [-0.4, -0.2) is 9.55 Å². The fraction of sp³-hybridized carbons (Fsp3) is 0.133. The highest BCUT2D eigenvalue weighted by atomic mass is 35.5. The van der Waals surface area contributed by atoms with Crippen molar-refractivity contribution in [3.05, 3.63) is 62.8 Å². The van der Waals surface area contributed by atoms with Crippen LogP contribution >= 0.6 is 35.4 Å². The maximum absolute atomic E-state index is 6.09. The van der Waals surface area contributed by atoms with E-state index in [-0.39, 0.29) is 0 Å². The van der Waals surface area contributed by atoms with Gasteiger partial charge in [0.25, 0.3) is 0 Å². The van der Waals surface area contributed by atoms with Crippen molar-refractivity contribution in [2.45, 2.75) is 13.0 Å². The average molecular weight is 323 g/mol. The fourth-order valence-corrected chi connectivity index (χ4v) is 2.88. The molecule has 0 bridgehead atoms. The molecule has 0 saturated heterocycles. The van der Waals surface area contributed by atoms with Crippen LogP contribution in [0.2, 0.25) is 10.0 Å². The van der Waals surface area contributed by atoms with Gasteiger partial charge in [-0.1, -0.05) is 53.5 Å². The average Bonchev–Trinajstić information content (AvgIpc) is 2.73. The van der Waals surface area contributed by atoms with Crippen molar-refractivity contribution in [1.82, 2.24) is 9.55 Å². The summed E-state index contributed by atoms with van der Waals surface area (Å²) in [4.78, 5) is 3.17. The van der Waals surface area contributed by atoms with Gasteiger partial charge in [0.15, 0.2) is 4.77 Å². The maximum Gasteiger partial charge on any atom is 0.178 e. The van der Waals surface area contributed by atoms with Gasteiger partial charge in [-0.15, -0.1) is 0 Å². The summed E-state index contributed by atoms with van der Waals surface area (Å²) in [5.41, 5.74) is 3.18. The molecule has 102 valence electrons. The second-order valence-corrected chi connectivity index (χ2v) is 5.80. The highest BCUT2D eigenvalue weighted by molar-refractivity contribution is 7.71. The minimum absolute atomic E-state index is 0.533. The number of nitrogens with one attached hydrogen (secondary N) is 1. The zero-order valence-corrected chi connectivity index (χ0v) is 12.9. The van der Waals surface area contributed by atoms with Crippen molar-refractivity contribution >= 4 is 46.5 Å². The van der Waals surface area contributed by atoms with Crippen molar-refractivity contribution in [3.8, 4) is 0 Å². The van der Waals surface area contributed by atoms with E-state index in [1.165, 1.54) is 5.56 Å². The van der Waals surface area contributed by atoms with Crippen LogP contribution < -0.4 is 0 Å².